The van der Waals surface area contributed by atoms with Crippen LogP contribution in [0.15, 0.2) is 18.2 Å². The molecular weight excluding hydrogens is 302 g/mol. The summed E-state index contributed by atoms with van der Waals surface area (Å²) in [6, 6.07) is 5.83. The molecule has 2 heterocycles. The molecule has 1 aliphatic carbocycles. The minimum atomic E-state index is -0.0446. The fourth-order valence-electron chi connectivity index (χ4n) is 3.55. The summed E-state index contributed by atoms with van der Waals surface area (Å²) in [7, 11) is 1.58. The molecule has 2 N–H and O–H groups in total. The summed E-state index contributed by atoms with van der Waals surface area (Å²) in [5, 5.41) is 4.11. The number of hydrogen-bond acceptors (Lipinski definition) is 3. The number of pyridine rings is 1. The number of aromatic nitrogens is 2. The van der Waals surface area contributed by atoms with Crippen molar-refractivity contribution in [2.45, 2.75) is 58.4 Å². The number of hydrogen-bond donors (Lipinski definition) is 2. The van der Waals surface area contributed by atoms with E-state index in [0.29, 0.717) is 22.6 Å². The van der Waals surface area contributed by atoms with E-state index in [2.05, 4.69) is 29.1 Å². The molecular formula is C19H27N3O2. The Labute approximate surface area is 143 Å². The Morgan fingerprint density at radius 3 is 2.67 bits per heavy atom. The van der Waals surface area contributed by atoms with Gasteiger partial charge in [0, 0.05) is 17.5 Å². The van der Waals surface area contributed by atoms with Crippen molar-refractivity contribution in [1.29, 1.82) is 0 Å². The fourth-order valence-corrected chi connectivity index (χ4v) is 3.55. The second kappa shape index (κ2) is 6.83. The van der Waals surface area contributed by atoms with Crippen molar-refractivity contribution in [2.75, 3.05) is 7.11 Å². The quantitative estimate of drug-likeness (QED) is 0.892. The van der Waals surface area contributed by atoms with Crippen LogP contribution < -0.4 is 10.1 Å². The van der Waals surface area contributed by atoms with E-state index >= 15 is 0 Å². The van der Waals surface area contributed by atoms with Gasteiger partial charge in [-0.25, -0.2) is 0 Å². The molecule has 0 saturated heterocycles. The number of amides is 1. The highest BCUT2D eigenvalue weighted by Gasteiger charge is 2.23. The van der Waals surface area contributed by atoms with Crippen molar-refractivity contribution in [3.63, 3.8) is 0 Å². The third-order valence-electron chi connectivity index (χ3n) is 5.06. The van der Waals surface area contributed by atoms with E-state index in [-0.39, 0.29) is 11.9 Å². The highest BCUT2D eigenvalue weighted by molar-refractivity contribution is 5.97. The summed E-state index contributed by atoms with van der Waals surface area (Å²) in [6.45, 7) is 4.69. The van der Waals surface area contributed by atoms with E-state index in [0.717, 1.165) is 18.2 Å². The van der Waals surface area contributed by atoms with Gasteiger partial charge in [-0.3, -0.25) is 4.79 Å². The molecule has 1 aliphatic rings. The van der Waals surface area contributed by atoms with Crippen LogP contribution in [0, 0.1) is 5.41 Å². The SMILES string of the molecule is COc1ccc2cc(C(=O)NC3CCCC(C)(C)CCC3)[nH]c2n1. The van der Waals surface area contributed by atoms with Crippen molar-refractivity contribution in [1.82, 2.24) is 15.3 Å². The van der Waals surface area contributed by atoms with Gasteiger partial charge in [0.25, 0.3) is 5.91 Å². The third kappa shape index (κ3) is 3.89. The molecule has 3 rings (SSSR count). The van der Waals surface area contributed by atoms with Crippen LogP contribution in [-0.2, 0) is 0 Å². The number of H-pyrrole nitrogens is 1. The zero-order valence-electron chi connectivity index (χ0n) is 14.8. The van der Waals surface area contributed by atoms with Crippen molar-refractivity contribution >= 4 is 16.9 Å². The van der Waals surface area contributed by atoms with Crippen molar-refractivity contribution < 1.29 is 9.53 Å². The van der Waals surface area contributed by atoms with E-state index in [9.17, 15) is 4.79 Å². The lowest BCUT2D eigenvalue weighted by Crippen LogP contribution is -2.36. The number of carbonyl (C=O) groups is 1. The molecule has 2 aromatic heterocycles. The molecule has 0 radical (unpaired) electrons. The molecule has 1 amide bonds. The van der Waals surface area contributed by atoms with Crippen molar-refractivity contribution in [3.05, 3.63) is 23.9 Å². The van der Waals surface area contributed by atoms with Crippen molar-refractivity contribution in [2.24, 2.45) is 5.41 Å². The number of rotatable bonds is 3. The predicted molar refractivity (Wildman–Crippen MR) is 95.4 cm³/mol. The first-order valence-electron chi connectivity index (χ1n) is 8.81. The smallest absolute Gasteiger partial charge is 0.267 e. The standard InChI is InChI=1S/C19H27N3O2/c1-19(2)10-4-6-14(7-5-11-19)20-18(23)15-12-13-8-9-16(24-3)22-17(13)21-15/h8-9,12,14H,4-7,10-11H2,1-3H3,(H,20,23)(H,21,22). The molecule has 5 nitrogen and oxygen atoms in total. The van der Waals surface area contributed by atoms with Gasteiger partial charge in [-0.1, -0.05) is 26.7 Å². The van der Waals surface area contributed by atoms with E-state index < -0.39 is 0 Å². The Morgan fingerprint density at radius 1 is 1.29 bits per heavy atom. The first-order chi connectivity index (χ1) is 11.5. The molecule has 0 atom stereocenters. The maximum Gasteiger partial charge on any atom is 0.267 e. The zero-order chi connectivity index (χ0) is 17.2. The average Bonchev–Trinajstić information content (AvgIpc) is 2.95. The van der Waals surface area contributed by atoms with E-state index in [1.807, 2.05) is 12.1 Å². The van der Waals surface area contributed by atoms with Crippen LogP contribution in [0.1, 0.15) is 62.9 Å². The number of fused-ring (bicyclic) bond motifs is 1. The second-order valence-electron chi connectivity index (χ2n) is 7.59. The normalized spacial score (nSPS) is 18.8. The Bertz CT molecular complexity index is 708. The Morgan fingerprint density at radius 2 is 2.00 bits per heavy atom. The van der Waals surface area contributed by atoms with Crippen LogP contribution in [0.5, 0.6) is 5.88 Å². The van der Waals surface area contributed by atoms with E-state index in [1.54, 1.807) is 13.2 Å². The highest BCUT2D eigenvalue weighted by atomic mass is 16.5. The third-order valence-corrected chi connectivity index (χ3v) is 5.06. The first-order valence-corrected chi connectivity index (χ1v) is 8.81. The van der Waals surface area contributed by atoms with Crippen molar-refractivity contribution in [3.8, 4) is 5.88 Å². The highest BCUT2D eigenvalue weighted by Crippen LogP contribution is 2.32. The second-order valence-corrected chi connectivity index (χ2v) is 7.59. The monoisotopic (exact) mass is 329 g/mol. The van der Waals surface area contributed by atoms with Gasteiger partial charge in [-0.05, 0) is 43.2 Å². The number of ether oxygens (including phenoxy) is 1. The topological polar surface area (TPSA) is 67.0 Å². The maximum absolute atomic E-state index is 12.6. The average molecular weight is 329 g/mol. The predicted octanol–water partition coefficient (Wildman–Crippen LogP) is 4.05. The van der Waals surface area contributed by atoms with Gasteiger partial charge in [0.05, 0.1) is 7.11 Å². The minimum Gasteiger partial charge on any atom is -0.481 e. The molecule has 2 aromatic rings. The summed E-state index contributed by atoms with van der Waals surface area (Å²) < 4.78 is 5.12. The van der Waals surface area contributed by atoms with E-state index in [1.165, 1.54) is 25.7 Å². The lowest BCUT2D eigenvalue weighted by molar-refractivity contribution is 0.0922. The molecule has 0 unspecified atom stereocenters. The number of aromatic amines is 1. The van der Waals surface area contributed by atoms with Gasteiger partial charge in [0.2, 0.25) is 5.88 Å². The molecule has 0 spiro atoms. The summed E-state index contributed by atoms with van der Waals surface area (Å²) in [6.07, 6.45) is 6.92. The van der Waals surface area contributed by atoms with Gasteiger partial charge in [0.1, 0.15) is 11.3 Å². The van der Waals surface area contributed by atoms with Gasteiger partial charge in [-0.15, -0.1) is 0 Å². The number of methoxy groups -OCH3 is 1. The number of nitrogens with zero attached hydrogens (tertiary/aromatic N) is 1. The molecule has 0 aromatic carbocycles. The Kier molecular flexibility index (Phi) is 4.78. The van der Waals surface area contributed by atoms with Gasteiger partial charge >= 0.3 is 0 Å². The maximum atomic E-state index is 12.6. The van der Waals surface area contributed by atoms with Gasteiger partial charge in [0.15, 0.2) is 0 Å². The summed E-state index contributed by atoms with van der Waals surface area (Å²) in [5.41, 5.74) is 1.68. The number of carbonyl (C=O) groups excluding carboxylic acids is 1. The van der Waals surface area contributed by atoms with Crippen LogP contribution in [0.25, 0.3) is 11.0 Å². The molecule has 1 fully saturated rings. The molecule has 0 bridgehead atoms. The van der Waals surface area contributed by atoms with Crippen LogP contribution in [0.2, 0.25) is 0 Å². The summed E-state index contributed by atoms with van der Waals surface area (Å²) in [5.74, 6) is 0.496. The molecule has 5 heteroatoms. The van der Waals surface area contributed by atoms with Crippen LogP contribution in [-0.4, -0.2) is 29.0 Å². The van der Waals surface area contributed by atoms with Gasteiger partial charge < -0.3 is 15.0 Å². The van der Waals surface area contributed by atoms with Crippen LogP contribution >= 0.6 is 0 Å². The molecule has 130 valence electrons. The van der Waals surface area contributed by atoms with Crippen LogP contribution in [0.3, 0.4) is 0 Å². The largest absolute Gasteiger partial charge is 0.481 e. The van der Waals surface area contributed by atoms with Gasteiger partial charge in [-0.2, -0.15) is 4.98 Å². The first kappa shape index (κ1) is 16.8. The summed E-state index contributed by atoms with van der Waals surface area (Å²) >= 11 is 0. The lowest BCUT2D eigenvalue weighted by Gasteiger charge is -2.30. The Hall–Kier alpha value is -2.04. The summed E-state index contributed by atoms with van der Waals surface area (Å²) in [4.78, 5) is 20.0. The van der Waals surface area contributed by atoms with E-state index in [4.69, 9.17) is 4.74 Å². The molecule has 24 heavy (non-hydrogen) atoms. The zero-order valence-corrected chi connectivity index (χ0v) is 14.8. The number of nitrogens with one attached hydrogen (secondary N) is 2. The lowest BCUT2D eigenvalue weighted by atomic mass is 9.79. The van der Waals surface area contributed by atoms with Crippen LogP contribution in [0.4, 0.5) is 0 Å². The Balaban J connectivity index is 1.66. The minimum absolute atomic E-state index is 0.0446. The fraction of sp³-hybridized carbons (Fsp3) is 0.579. The molecule has 0 aliphatic heterocycles. The molecule has 1 saturated carbocycles.